The van der Waals surface area contributed by atoms with Gasteiger partial charge in [-0.2, -0.15) is 5.10 Å². The molecule has 0 atom stereocenters. The van der Waals surface area contributed by atoms with E-state index in [9.17, 15) is 9.59 Å². The molecular formula is C21H21ClN4O4. The summed E-state index contributed by atoms with van der Waals surface area (Å²) in [5, 5.41) is 10.4. The molecule has 156 valence electrons. The minimum atomic E-state index is -0.378. The lowest BCUT2D eigenvalue weighted by Gasteiger charge is -2.14. The van der Waals surface area contributed by atoms with Crippen LogP contribution in [0.1, 0.15) is 10.4 Å². The number of carbonyl (C=O) groups excluding carboxylic acids is 1. The highest BCUT2D eigenvalue weighted by atomic mass is 35.5. The van der Waals surface area contributed by atoms with Crippen LogP contribution in [0.25, 0.3) is 0 Å². The number of benzene rings is 2. The molecule has 0 fully saturated rings. The van der Waals surface area contributed by atoms with Crippen LogP contribution in [0.2, 0.25) is 5.02 Å². The fourth-order valence-electron chi connectivity index (χ4n) is 2.60. The number of ether oxygens (including phenoxy) is 2. The number of hydrogen-bond donors (Lipinski definition) is 2. The van der Waals surface area contributed by atoms with E-state index >= 15 is 0 Å². The maximum Gasteiger partial charge on any atom is 0.294 e. The molecule has 1 heterocycles. The van der Waals surface area contributed by atoms with E-state index in [-0.39, 0.29) is 22.9 Å². The fourth-order valence-corrected chi connectivity index (χ4v) is 2.72. The van der Waals surface area contributed by atoms with Gasteiger partial charge in [0.25, 0.3) is 11.5 Å². The highest BCUT2D eigenvalue weighted by Crippen LogP contribution is 2.29. The number of anilines is 2. The zero-order chi connectivity index (χ0) is 21.5. The Labute approximate surface area is 178 Å². The molecule has 1 amide bonds. The summed E-state index contributed by atoms with van der Waals surface area (Å²) in [6, 6.07) is 13.5. The molecule has 2 aromatic carbocycles. The van der Waals surface area contributed by atoms with Crippen molar-refractivity contribution in [2.75, 3.05) is 25.6 Å². The summed E-state index contributed by atoms with van der Waals surface area (Å²) in [5.41, 5.74) is 0.816. The monoisotopic (exact) mass is 428 g/mol. The van der Waals surface area contributed by atoms with Crippen LogP contribution in [-0.2, 0) is 11.8 Å². The average molecular weight is 429 g/mol. The van der Waals surface area contributed by atoms with E-state index in [1.807, 2.05) is 0 Å². The van der Waals surface area contributed by atoms with E-state index in [1.54, 1.807) is 62.7 Å². The van der Waals surface area contributed by atoms with Crippen molar-refractivity contribution in [2.24, 2.45) is 7.05 Å². The van der Waals surface area contributed by atoms with Gasteiger partial charge in [0.15, 0.2) is 11.4 Å². The zero-order valence-electron chi connectivity index (χ0n) is 16.5. The number of nitrogens with zero attached hydrogens (tertiary/aromatic N) is 2. The van der Waals surface area contributed by atoms with E-state index < -0.39 is 0 Å². The zero-order valence-corrected chi connectivity index (χ0v) is 17.3. The van der Waals surface area contributed by atoms with Gasteiger partial charge in [-0.1, -0.05) is 17.7 Å². The van der Waals surface area contributed by atoms with Crippen LogP contribution >= 0.6 is 11.6 Å². The quantitative estimate of drug-likeness (QED) is 0.534. The Kier molecular flexibility index (Phi) is 7.05. The van der Waals surface area contributed by atoms with Crippen LogP contribution in [0, 0.1) is 0 Å². The second kappa shape index (κ2) is 9.91. The third-order valence-corrected chi connectivity index (χ3v) is 4.38. The predicted molar refractivity (Wildman–Crippen MR) is 115 cm³/mol. The van der Waals surface area contributed by atoms with Gasteiger partial charge in [0.1, 0.15) is 5.75 Å². The third kappa shape index (κ3) is 5.37. The lowest BCUT2D eigenvalue weighted by Crippen LogP contribution is -2.27. The summed E-state index contributed by atoms with van der Waals surface area (Å²) in [6.45, 7) is 0.819. The molecule has 0 saturated heterocycles. The molecule has 2 N–H and O–H groups in total. The fraction of sp³-hybridized carbons (Fsp3) is 0.190. The number of hydrogen-bond acceptors (Lipinski definition) is 6. The van der Waals surface area contributed by atoms with Crippen molar-refractivity contribution >= 4 is 28.9 Å². The molecule has 0 bridgehead atoms. The van der Waals surface area contributed by atoms with Crippen molar-refractivity contribution in [3.63, 3.8) is 0 Å². The maximum absolute atomic E-state index is 12.7. The maximum atomic E-state index is 12.7. The van der Waals surface area contributed by atoms with Crippen molar-refractivity contribution in [3.8, 4) is 11.5 Å². The Morgan fingerprint density at radius 3 is 2.70 bits per heavy atom. The lowest BCUT2D eigenvalue weighted by atomic mass is 10.2. The highest BCUT2D eigenvalue weighted by Gasteiger charge is 2.14. The molecule has 0 aliphatic carbocycles. The first-order valence-electron chi connectivity index (χ1n) is 9.12. The number of aryl methyl sites for hydroxylation is 1. The molecule has 0 aliphatic heterocycles. The van der Waals surface area contributed by atoms with E-state index in [1.165, 1.54) is 10.9 Å². The van der Waals surface area contributed by atoms with Gasteiger partial charge in [-0.25, -0.2) is 4.68 Å². The van der Waals surface area contributed by atoms with E-state index in [0.29, 0.717) is 35.2 Å². The molecule has 3 rings (SSSR count). The van der Waals surface area contributed by atoms with Crippen LogP contribution < -0.4 is 20.9 Å². The van der Waals surface area contributed by atoms with Crippen molar-refractivity contribution in [3.05, 3.63) is 75.7 Å². The minimum Gasteiger partial charge on any atom is -0.453 e. The van der Waals surface area contributed by atoms with Crippen molar-refractivity contribution < 1.29 is 14.3 Å². The molecule has 1 aromatic heterocycles. The van der Waals surface area contributed by atoms with Crippen molar-refractivity contribution in [1.82, 2.24) is 15.1 Å². The Morgan fingerprint density at radius 2 is 1.97 bits per heavy atom. The van der Waals surface area contributed by atoms with Gasteiger partial charge in [-0.05, 0) is 42.5 Å². The lowest BCUT2D eigenvalue weighted by molar-refractivity contribution is 0.0937. The van der Waals surface area contributed by atoms with E-state index in [0.717, 1.165) is 0 Å². The number of rotatable bonds is 8. The average Bonchev–Trinajstić information content (AvgIpc) is 2.75. The van der Waals surface area contributed by atoms with Crippen molar-refractivity contribution in [2.45, 2.75) is 0 Å². The van der Waals surface area contributed by atoms with Gasteiger partial charge in [0.05, 0.1) is 12.8 Å². The summed E-state index contributed by atoms with van der Waals surface area (Å²) in [7, 11) is 3.11. The van der Waals surface area contributed by atoms with Crippen LogP contribution in [0.5, 0.6) is 11.5 Å². The molecule has 30 heavy (non-hydrogen) atoms. The van der Waals surface area contributed by atoms with Gasteiger partial charge in [-0.3, -0.25) is 9.59 Å². The number of carbonyl (C=O) groups is 1. The molecular weight excluding hydrogens is 408 g/mol. The summed E-state index contributed by atoms with van der Waals surface area (Å²) >= 11 is 5.91. The van der Waals surface area contributed by atoms with Crippen molar-refractivity contribution in [1.29, 1.82) is 0 Å². The SMILES string of the molecule is COCCNC(=O)c1cccc(Nc2c(Oc3ccc(Cl)cc3)cnn(C)c2=O)c1. The van der Waals surface area contributed by atoms with Crippen LogP contribution in [-0.4, -0.2) is 35.9 Å². The second-order valence-corrected chi connectivity index (χ2v) is 6.76. The Balaban J connectivity index is 1.86. The Hall–Kier alpha value is -3.36. The smallest absolute Gasteiger partial charge is 0.294 e. The second-order valence-electron chi connectivity index (χ2n) is 6.32. The first-order chi connectivity index (χ1) is 14.5. The normalized spacial score (nSPS) is 10.5. The molecule has 9 heteroatoms. The first-order valence-corrected chi connectivity index (χ1v) is 9.49. The highest BCUT2D eigenvalue weighted by molar-refractivity contribution is 6.30. The molecule has 0 saturated carbocycles. The Morgan fingerprint density at radius 1 is 1.20 bits per heavy atom. The summed E-state index contributed by atoms with van der Waals surface area (Å²) in [5.74, 6) is 0.509. The number of halogens is 1. The van der Waals surface area contributed by atoms with Crippen LogP contribution in [0.4, 0.5) is 11.4 Å². The molecule has 3 aromatic rings. The summed E-state index contributed by atoms with van der Waals surface area (Å²) in [6.07, 6.45) is 1.44. The molecule has 8 nitrogen and oxygen atoms in total. The van der Waals surface area contributed by atoms with Gasteiger partial charge in [-0.15, -0.1) is 0 Å². The molecule has 0 unspecified atom stereocenters. The van der Waals surface area contributed by atoms with Gasteiger partial charge < -0.3 is 20.1 Å². The molecule has 0 spiro atoms. The number of amides is 1. The van der Waals surface area contributed by atoms with Gasteiger partial charge >= 0.3 is 0 Å². The van der Waals surface area contributed by atoms with E-state index in [4.69, 9.17) is 21.1 Å². The Bertz CT molecular complexity index is 1080. The predicted octanol–water partition coefficient (Wildman–Crippen LogP) is 3.35. The summed E-state index contributed by atoms with van der Waals surface area (Å²) < 4.78 is 12.0. The largest absolute Gasteiger partial charge is 0.453 e. The van der Waals surface area contributed by atoms with Gasteiger partial charge in [0.2, 0.25) is 0 Å². The van der Waals surface area contributed by atoms with Crippen LogP contribution in [0.3, 0.4) is 0 Å². The van der Waals surface area contributed by atoms with E-state index in [2.05, 4.69) is 15.7 Å². The number of aromatic nitrogens is 2. The molecule has 0 radical (unpaired) electrons. The first kappa shape index (κ1) is 21.4. The van der Waals surface area contributed by atoms with Crippen LogP contribution in [0.15, 0.2) is 59.5 Å². The molecule has 0 aliphatic rings. The standard InChI is InChI=1S/C21H21ClN4O4/c1-26-21(28)19(18(13-24-26)30-17-8-6-15(22)7-9-17)25-16-5-3-4-14(12-16)20(27)23-10-11-29-2/h3-9,12-13,25H,10-11H2,1-2H3,(H,23,27). The topological polar surface area (TPSA) is 94.5 Å². The third-order valence-electron chi connectivity index (χ3n) is 4.13. The minimum absolute atomic E-state index is 0.194. The number of methoxy groups -OCH3 is 1. The summed E-state index contributed by atoms with van der Waals surface area (Å²) in [4.78, 5) is 25.0. The van der Waals surface area contributed by atoms with Gasteiger partial charge in [0, 0.05) is 37.0 Å². The number of nitrogens with one attached hydrogen (secondary N) is 2.